The predicted molar refractivity (Wildman–Crippen MR) is 121 cm³/mol. The smallest absolute Gasteiger partial charge is 0.242 e. The molecule has 2 aromatic rings. The summed E-state index contributed by atoms with van der Waals surface area (Å²) in [5, 5.41) is 0. The van der Waals surface area contributed by atoms with Gasteiger partial charge in [0.1, 0.15) is 5.82 Å². The zero-order chi connectivity index (χ0) is 22.3. The number of halogens is 1. The van der Waals surface area contributed by atoms with E-state index in [1.54, 1.807) is 33.3 Å². The minimum atomic E-state index is -0.298. The molecule has 0 aliphatic heterocycles. The van der Waals surface area contributed by atoms with E-state index in [-0.39, 0.29) is 30.1 Å². The van der Waals surface area contributed by atoms with Gasteiger partial charge in [-0.1, -0.05) is 46.2 Å². The van der Waals surface area contributed by atoms with Gasteiger partial charge < -0.3 is 9.80 Å². The monoisotopic (exact) mass is 432 g/mol. The molecule has 0 saturated heterocycles. The molecule has 30 heavy (non-hydrogen) atoms. The van der Waals surface area contributed by atoms with Crippen LogP contribution in [0.2, 0.25) is 0 Å². The molecule has 0 spiro atoms. The Morgan fingerprint density at radius 3 is 2.20 bits per heavy atom. The van der Waals surface area contributed by atoms with Crippen molar-refractivity contribution >= 4 is 23.2 Å². The highest BCUT2D eigenvalue weighted by Gasteiger charge is 2.24. The molecular weight excluding hydrogens is 399 g/mol. The molecule has 1 unspecified atom stereocenters. The quantitative estimate of drug-likeness (QED) is 0.514. The number of benzene rings is 1. The van der Waals surface area contributed by atoms with Gasteiger partial charge in [0.05, 0.1) is 13.1 Å². The average molecular weight is 433 g/mol. The third-order valence-electron chi connectivity index (χ3n) is 5.14. The Bertz CT molecular complexity index is 832. The number of amides is 2. The van der Waals surface area contributed by atoms with E-state index in [9.17, 15) is 14.0 Å². The molecule has 1 heterocycles. The Morgan fingerprint density at radius 2 is 1.67 bits per heavy atom. The number of aryl methyl sites for hydroxylation is 1. The molecule has 0 fully saturated rings. The topological polar surface area (TPSA) is 40.6 Å². The second-order valence-corrected chi connectivity index (χ2v) is 9.65. The first-order valence-corrected chi connectivity index (χ1v) is 11.4. The van der Waals surface area contributed by atoms with Crippen LogP contribution in [-0.4, -0.2) is 34.7 Å². The summed E-state index contributed by atoms with van der Waals surface area (Å²) in [4.78, 5) is 31.8. The summed E-state index contributed by atoms with van der Waals surface area (Å²) in [5.74, 6) is -0.230. The maximum atomic E-state index is 13.3. The SMILES string of the molecule is CCC(C)CN(CC(=O)N(Cc1ccc(F)cc1)Cc1ccc(C)s1)C(=O)C(C)C. The van der Waals surface area contributed by atoms with Gasteiger partial charge in [0.15, 0.2) is 0 Å². The summed E-state index contributed by atoms with van der Waals surface area (Å²) in [6.07, 6.45) is 0.948. The van der Waals surface area contributed by atoms with Crippen LogP contribution in [0.15, 0.2) is 36.4 Å². The van der Waals surface area contributed by atoms with Crippen LogP contribution in [0.3, 0.4) is 0 Å². The summed E-state index contributed by atoms with van der Waals surface area (Å²) in [5.41, 5.74) is 0.863. The number of carbonyl (C=O) groups is 2. The fraction of sp³-hybridized carbons (Fsp3) is 0.500. The highest BCUT2D eigenvalue weighted by molar-refractivity contribution is 7.11. The van der Waals surface area contributed by atoms with Gasteiger partial charge in [0.25, 0.3) is 0 Å². The maximum Gasteiger partial charge on any atom is 0.242 e. The highest BCUT2D eigenvalue weighted by atomic mass is 32.1. The van der Waals surface area contributed by atoms with Crippen molar-refractivity contribution < 1.29 is 14.0 Å². The van der Waals surface area contributed by atoms with Gasteiger partial charge in [-0.15, -0.1) is 11.3 Å². The van der Waals surface area contributed by atoms with Crippen LogP contribution >= 0.6 is 11.3 Å². The second kappa shape index (κ2) is 11.3. The standard InChI is InChI=1S/C24H33FN2O2S/c1-6-18(4)13-27(24(29)17(2)3)16-23(28)26(15-22-12-7-19(5)30-22)14-20-8-10-21(25)11-9-20/h7-12,17-18H,6,13-16H2,1-5H3. The van der Waals surface area contributed by atoms with Crippen LogP contribution in [0.1, 0.15) is 49.4 Å². The van der Waals surface area contributed by atoms with E-state index in [4.69, 9.17) is 0 Å². The number of hydrogen-bond donors (Lipinski definition) is 0. The molecule has 0 aliphatic carbocycles. The Balaban J connectivity index is 2.21. The minimum Gasteiger partial charge on any atom is -0.333 e. The normalized spacial score (nSPS) is 12.1. The molecular formula is C24H33FN2O2S. The Labute approximate surface area is 183 Å². The van der Waals surface area contributed by atoms with Crippen LogP contribution in [0.5, 0.6) is 0 Å². The lowest BCUT2D eigenvalue weighted by Gasteiger charge is -2.30. The molecule has 1 aromatic carbocycles. The first-order chi connectivity index (χ1) is 14.2. The Morgan fingerprint density at radius 1 is 1.00 bits per heavy atom. The zero-order valence-electron chi connectivity index (χ0n) is 18.7. The fourth-order valence-electron chi connectivity index (χ4n) is 3.17. The molecule has 2 rings (SSSR count). The summed E-state index contributed by atoms with van der Waals surface area (Å²) < 4.78 is 13.3. The van der Waals surface area contributed by atoms with Gasteiger partial charge >= 0.3 is 0 Å². The van der Waals surface area contributed by atoms with Gasteiger partial charge in [-0.2, -0.15) is 0 Å². The van der Waals surface area contributed by atoms with Crippen molar-refractivity contribution in [1.29, 1.82) is 0 Å². The fourth-order valence-corrected chi connectivity index (χ4v) is 4.07. The lowest BCUT2D eigenvalue weighted by molar-refractivity contribution is -0.143. The van der Waals surface area contributed by atoms with Crippen LogP contribution < -0.4 is 0 Å². The second-order valence-electron chi connectivity index (χ2n) is 8.28. The summed E-state index contributed by atoms with van der Waals surface area (Å²) in [6.45, 7) is 11.4. The molecule has 4 nitrogen and oxygen atoms in total. The Hall–Kier alpha value is -2.21. The lowest BCUT2D eigenvalue weighted by atomic mass is 10.1. The van der Waals surface area contributed by atoms with Crippen molar-refractivity contribution in [2.24, 2.45) is 11.8 Å². The van der Waals surface area contributed by atoms with Crippen molar-refractivity contribution in [3.63, 3.8) is 0 Å². The number of nitrogens with zero attached hydrogens (tertiary/aromatic N) is 2. The minimum absolute atomic E-state index is 0.00245. The number of hydrogen-bond acceptors (Lipinski definition) is 3. The van der Waals surface area contributed by atoms with E-state index < -0.39 is 0 Å². The molecule has 6 heteroatoms. The molecule has 164 valence electrons. The van der Waals surface area contributed by atoms with Gasteiger partial charge in [-0.25, -0.2) is 4.39 Å². The molecule has 1 aromatic heterocycles. The molecule has 0 bridgehead atoms. The van der Waals surface area contributed by atoms with Gasteiger partial charge in [0, 0.05) is 28.8 Å². The van der Waals surface area contributed by atoms with E-state index >= 15 is 0 Å². The molecule has 2 amide bonds. The molecule has 0 saturated carbocycles. The van der Waals surface area contributed by atoms with E-state index in [1.165, 1.54) is 17.0 Å². The summed E-state index contributed by atoms with van der Waals surface area (Å²) >= 11 is 1.66. The van der Waals surface area contributed by atoms with E-state index in [1.807, 2.05) is 32.9 Å². The first-order valence-electron chi connectivity index (χ1n) is 10.6. The van der Waals surface area contributed by atoms with Crippen LogP contribution in [0.25, 0.3) is 0 Å². The van der Waals surface area contributed by atoms with E-state index in [2.05, 4.69) is 13.8 Å². The molecule has 1 atom stereocenters. The van der Waals surface area contributed by atoms with Crippen LogP contribution in [-0.2, 0) is 22.7 Å². The van der Waals surface area contributed by atoms with Gasteiger partial charge in [-0.3, -0.25) is 9.59 Å². The van der Waals surface area contributed by atoms with Crippen LogP contribution in [0, 0.1) is 24.6 Å². The number of rotatable bonds is 10. The first kappa shape index (κ1) is 24.1. The van der Waals surface area contributed by atoms with E-state index in [0.29, 0.717) is 25.6 Å². The van der Waals surface area contributed by atoms with Crippen LogP contribution in [0.4, 0.5) is 4.39 Å². The lowest BCUT2D eigenvalue weighted by Crippen LogP contribution is -2.45. The maximum absolute atomic E-state index is 13.3. The van der Waals surface area contributed by atoms with Crippen molar-refractivity contribution in [3.05, 3.63) is 57.5 Å². The van der Waals surface area contributed by atoms with Gasteiger partial charge in [-0.05, 0) is 42.7 Å². The molecule has 0 radical (unpaired) electrons. The van der Waals surface area contributed by atoms with Gasteiger partial charge in [0.2, 0.25) is 11.8 Å². The summed E-state index contributed by atoms with van der Waals surface area (Å²) in [7, 11) is 0. The highest BCUT2D eigenvalue weighted by Crippen LogP contribution is 2.19. The summed E-state index contributed by atoms with van der Waals surface area (Å²) in [6, 6.07) is 10.3. The number of carbonyl (C=O) groups excluding carboxylic acids is 2. The van der Waals surface area contributed by atoms with Crippen molar-refractivity contribution in [3.8, 4) is 0 Å². The Kier molecular flexibility index (Phi) is 9.03. The average Bonchev–Trinajstić information content (AvgIpc) is 3.12. The van der Waals surface area contributed by atoms with Crippen molar-refractivity contribution in [2.75, 3.05) is 13.1 Å². The third kappa shape index (κ3) is 7.24. The molecule has 0 N–H and O–H groups in total. The van der Waals surface area contributed by atoms with E-state index in [0.717, 1.165) is 16.9 Å². The van der Waals surface area contributed by atoms with Crippen molar-refractivity contribution in [2.45, 2.75) is 54.1 Å². The largest absolute Gasteiger partial charge is 0.333 e. The number of thiophene rings is 1. The zero-order valence-corrected chi connectivity index (χ0v) is 19.5. The third-order valence-corrected chi connectivity index (χ3v) is 6.13. The molecule has 0 aliphatic rings. The predicted octanol–water partition coefficient (Wildman–Crippen LogP) is 5.26. The van der Waals surface area contributed by atoms with Crippen molar-refractivity contribution in [1.82, 2.24) is 9.80 Å².